The van der Waals surface area contributed by atoms with Crippen molar-refractivity contribution >= 4 is 61.6 Å². The number of aliphatic hydroxyl groups is 1. The number of aliphatic hydroxyl groups excluding tert-OH is 1. The summed E-state index contributed by atoms with van der Waals surface area (Å²) in [7, 11) is 0. The van der Waals surface area contributed by atoms with E-state index in [4.69, 9.17) is 4.74 Å². The van der Waals surface area contributed by atoms with E-state index in [1.807, 2.05) is 13.0 Å². The lowest BCUT2D eigenvalue weighted by Crippen LogP contribution is -2.29. The fraction of sp³-hybridized carbons (Fsp3) is 0.143. The van der Waals surface area contributed by atoms with Gasteiger partial charge in [0.05, 0.1) is 18.2 Å². The molecule has 5 rings (SSSR count). The molecule has 1 saturated heterocycles. The number of ether oxygens (including phenoxy) is 1. The summed E-state index contributed by atoms with van der Waals surface area (Å²) >= 11 is 5.85. The summed E-state index contributed by atoms with van der Waals surface area (Å²) < 4.78 is 20.8. The largest absolute Gasteiger partial charge is 0.507 e. The zero-order chi connectivity index (χ0) is 27.5. The predicted molar refractivity (Wildman–Crippen MR) is 152 cm³/mol. The Morgan fingerprint density at radius 2 is 1.87 bits per heavy atom. The van der Waals surface area contributed by atoms with E-state index in [1.165, 1.54) is 22.7 Å². The van der Waals surface area contributed by atoms with Crippen LogP contribution in [0.3, 0.4) is 0 Å². The average Bonchev–Trinajstić information content (AvgIpc) is 3.50. The number of carbonyl (C=O) groups is 2. The van der Waals surface area contributed by atoms with Crippen LogP contribution in [0.15, 0.2) is 87.2 Å². The van der Waals surface area contributed by atoms with Crippen LogP contribution in [0, 0.1) is 5.82 Å². The van der Waals surface area contributed by atoms with Gasteiger partial charge in [-0.2, -0.15) is 0 Å². The third-order valence-electron chi connectivity index (χ3n) is 5.96. The van der Waals surface area contributed by atoms with Crippen LogP contribution in [-0.2, 0) is 15.3 Å². The Labute approximate surface area is 240 Å². The van der Waals surface area contributed by atoms with Crippen molar-refractivity contribution in [1.82, 2.24) is 10.2 Å². The maximum absolute atomic E-state index is 14.1. The molecule has 3 aromatic carbocycles. The highest BCUT2D eigenvalue weighted by molar-refractivity contribution is 9.10. The van der Waals surface area contributed by atoms with Crippen molar-refractivity contribution in [1.29, 1.82) is 0 Å². The van der Waals surface area contributed by atoms with Gasteiger partial charge in [-0.3, -0.25) is 14.5 Å². The van der Waals surface area contributed by atoms with Crippen LogP contribution in [0.1, 0.15) is 29.7 Å². The number of rotatable bonds is 8. The summed E-state index contributed by atoms with van der Waals surface area (Å²) in [5.41, 5.74) is 1.43. The summed E-state index contributed by atoms with van der Waals surface area (Å²) in [6.45, 7) is 2.35. The topological polar surface area (TPSA) is 92.6 Å². The smallest absolute Gasteiger partial charge is 0.301 e. The van der Waals surface area contributed by atoms with E-state index in [1.54, 1.807) is 60.7 Å². The number of hydrogen-bond acceptors (Lipinski definition) is 8. The van der Waals surface area contributed by atoms with Crippen molar-refractivity contribution in [3.63, 3.8) is 0 Å². The summed E-state index contributed by atoms with van der Waals surface area (Å²) in [4.78, 5) is 28.0. The van der Waals surface area contributed by atoms with Gasteiger partial charge in [-0.05, 0) is 60.5 Å². The zero-order valence-corrected chi connectivity index (χ0v) is 23.7. The standard InChI is InChI=1S/C28H21BrFN3O4S2/c1-2-37-20-12-10-16(11-13-20)24(34)22-23(17-7-5-8-19(29)14-17)33(26(36)25(22)35)27-31-32-28(39-27)38-15-18-6-3-4-9-21(18)30/h3-14,23,34H,2,15H2,1H3/b24-22-. The van der Waals surface area contributed by atoms with Crippen molar-refractivity contribution < 1.29 is 23.8 Å². The molecular formula is C28H21BrFN3O4S2. The van der Waals surface area contributed by atoms with Crippen molar-refractivity contribution in [3.05, 3.63) is 105 Å². The van der Waals surface area contributed by atoms with Crippen LogP contribution in [0.2, 0.25) is 0 Å². The SMILES string of the molecule is CCOc1ccc(/C(O)=C2/C(=O)C(=O)N(c3nnc(SCc4ccccc4F)s3)C2c2cccc(Br)c2)cc1. The maximum Gasteiger partial charge on any atom is 0.301 e. The van der Waals surface area contributed by atoms with E-state index in [-0.39, 0.29) is 22.3 Å². The first-order valence-corrected chi connectivity index (χ1v) is 14.5. The zero-order valence-electron chi connectivity index (χ0n) is 20.5. The number of anilines is 1. The van der Waals surface area contributed by atoms with E-state index in [0.29, 0.717) is 39.1 Å². The van der Waals surface area contributed by atoms with E-state index in [2.05, 4.69) is 26.1 Å². The predicted octanol–water partition coefficient (Wildman–Crippen LogP) is 6.76. The first-order valence-electron chi connectivity index (χ1n) is 11.9. The minimum Gasteiger partial charge on any atom is -0.507 e. The average molecular weight is 627 g/mol. The Hall–Kier alpha value is -3.54. The van der Waals surface area contributed by atoms with Crippen molar-refractivity contribution in [2.75, 3.05) is 11.5 Å². The van der Waals surface area contributed by atoms with Crippen LogP contribution in [0.4, 0.5) is 9.52 Å². The molecule has 1 aromatic heterocycles. The lowest BCUT2D eigenvalue weighted by atomic mass is 9.95. The van der Waals surface area contributed by atoms with Crippen LogP contribution >= 0.6 is 39.0 Å². The lowest BCUT2D eigenvalue weighted by molar-refractivity contribution is -0.132. The molecule has 1 unspecified atom stereocenters. The molecule has 0 radical (unpaired) electrons. The molecule has 0 bridgehead atoms. The molecule has 1 atom stereocenters. The summed E-state index contributed by atoms with van der Waals surface area (Å²) in [6, 6.07) is 19.3. The van der Waals surface area contributed by atoms with Gasteiger partial charge >= 0.3 is 5.91 Å². The molecule has 1 aliphatic rings. The Kier molecular flexibility index (Phi) is 8.10. The molecule has 198 valence electrons. The third kappa shape index (κ3) is 5.61. The van der Waals surface area contributed by atoms with Crippen LogP contribution in [-0.4, -0.2) is 33.6 Å². The number of Topliss-reactive ketones (excluding diaryl/α,β-unsaturated/α-hetero) is 1. The first-order chi connectivity index (χ1) is 18.9. The van der Waals surface area contributed by atoms with Gasteiger partial charge in [-0.15, -0.1) is 10.2 Å². The Balaban J connectivity index is 1.53. The Bertz CT molecular complexity index is 1580. The molecule has 4 aromatic rings. The fourth-order valence-corrected chi connectivity index (χ4v) is 6.44. The summed E-state index contributed by atoms with van der Waals surface area (Å²) in [5.74, 6) is -1.33. The normalized spacial score (nSPS) is 16.6. The molecular weight excluding hydrogens is 605 g/mol. The second-order valence-electron chi connectivity index (χ2n) is 8.41. The number of halogens is 2. The van der Waals surface area contributed by atoms with Crippen molar-refractivity contribution in [2.24, 2.45) is 0 Å². The highest BCUT2D eigenvalue weighted by Gasteiger charge is 2.48. The lowest BCUT2D eigenvalue weighted by Gasteiger charge is -2.22. The molecule has 0 spiro atoms. The molecule has 39 heavy (non-hydrogen) atoms. The van der Waals surface area contributed by atoms with Gasteiger partial charge in [0, 0.05) is 15.8 Å². The maximum atomic E-state index is 14.1. The van der Waals surface area contributed by atoms with E-state index < -0.39 is 17.7 Å². The van der Waals surface area contributed by atoms with Gasteiger partial charge < -0.3 is 9.84 Å². The number of amides is 1. The molecule has 1 amide bonds. The number of thioether (sulfide) groups is 1. The number of ketones is 1. The number of aromatic nitrogens is 2. The number of nitrogens with zero attached hydrogens (tertiary/aromatic N) is 3. The molecule has 7 nitrogen and oxygen atoms in total. The van der Waals surface area contributed by atoms with E-state index in [9.17, 15) is 19.1 Å². The van der Waals surface area contributed by atoms with Gasteiger partial charge in [0.1, 0.15) is 17.3 Å². The summed E-state index contributed by atoms with van der Waals surface area (Å²) in [5, 5.41) is 19.8. The minimum atomic E-state index is -0.938. The first kappa shape index (κ1) is 27.0. The van der Waals surface area contributed by atoms with Gasteiger partial charge in [0.25, 0.3) is 5.78 Å². The molecule has 11 heteroatoms. The number of carbonyl (C=O) groups excluding carboxylic acids is 2. The quantitative estimate of drug-likeness (QED) is 0.0760. The van der Waals surface area contributed by atoms with Crippen LogP contribution in [0.25, 0.3) is 5.76 Å². The molecule has 1 N–H and O–H groups in total. The highest BCUT2D eigenvalue weighted by atomic mass is 79.9. The highest BCUT2D eigenvalue weighted by Crippen LogP contribution is 2.44. The van der Waals surface area contributed by atoms with Crippen LogP contribution < -0.4 is 9.64 Å². The minimum absolute atomic E-state index is 0.0574. The van der Waals surface area contributed by atoms with Gasteiger partial charge in [0.15, 0.2) is 4.34 Å². The molecule has 0 aliphatic carbocycles. The van der Waals surface area contributed by atoms with Crippen LogP contribution in [0.5, 0.6) is 5.75 Å². The molecule has 1 aliphatic heterocycles. The molecule has 2 heterocycles. The monoisotopic (exact) mass is 625 g/mol. The summed E-state index contributed by atoms with van der Waals surface area (Å²) in [6.07, 6.45) is 0. The second kappa shape index (κ2) is 11.7. The van der Waals surface area contributed by atoms with Gasteiger partial charge in [-0.1, -0.05) is 69.4 Å². The van der Waals surface area contributed by atoms with Gasteiger partial charge in [0.2, 0.25) is 5.13 Å². The second-order valence-corrected chi connectivity index (χ2v) is 11.5. The Morgan fingerprint density at radius 1 is 1.10 bits per heavy atom. The number of benzene rings is 3. The third-order valence-corrected chi connectivity index (χ3v) is 8.56. The van der Waals surface area contributed by atoms with Gasteiger partial charge in [-0.25, -0.2) is 4.39 Å². The molecule has 0 saturated carbocycles. The van der Waals surface area contributed by atoms with E-state index in [0.717, 1.165) is 15.8 Å². The fourth-order valence-electron chi connectivity index (χ4n) is 4.17. The van der Waals surface area contributed by atoms with E-state index >= 15 is 0 Å². The Morgan fingerprint density at radius 3 is 2.59 bits per heavy atom. The number of hydrogen-bond donors (Lipinski definition) is 1. The van der Waals surface area contributed by atoms with Crippen molar-refractivity contribution in [2.45, 2.75) is 23.1 Å². The van der Waals surface area contributed by atoms with Crippen molar-refractivity contribution in [3.8, 4) is 5.75 Å². The molecule has 1 fully saturated rings.